The molecule has 0 saturated carbocycles. The first-order valence-corrected chi connectivity index (χ1v) is 5.91. The van der Waals surface area contributed by atoms with Crippen LogP contribution in [0.4, 0.5) is 0 Å². The highest BCUT2D eigenvalue weighted by molar-refractivity contribution is 6.25. The Morgan fingerprint density at radius 1 is 0.947 bits per heavy atom. The maximum absolute atomic E-state index is 12.3. The molecule has 0 aliphatic heterocycles. The number of pyridine rings is 2. The molecule has 1 aliphatic rings. The molecule has 0 radical (unpaired) electrons. The average molecular weight is 248 g/mol. The zero-order chi connectivity index (χ0) is 13.0. The van der Waals surface area contributed by atoms with E-state index < -0.39 is 0 Å². The molecule has 4 rings (SSSR count). The third-order valence-corrected chi connectivity index (χ3v) is 3.48. The molecular weight excluding hydrogens is 240 g/mol. The number of H-pyrrole nitrogens is 1. The topological polar surface area (TPSA) is 62.8 Å². The minimum atomic E-state index is -0.338. The largest absolute Gasteiger partial charge is 0.321 e. The van der Waals surface area contributed by atoms with Gasteiger partial charge in [-0.15, -0.1) is 0 Å². The molecule has 0 saturated heterocycles. The number of hydrogen-bond acceptors (Lipinski definition) is 3. The van der Waals surface area contributed by atoms with Crippen LogP contribution in [0.15, 0.2) is 47.5 Å². The van der Waals surface area contributed by atoms with Gasteiger partial charge in [-0.3, -0.25) is 14.6 Å². The van der Waals surface area contributed by atoms with E-state index in [0.717, 1.165) is 22.0 Å². The second-order valence-corrected chi connectivity index (χ2v) is 4.50. The van der Waals surface area contributed by atoms with Crippen LogP contribution in [0.3, 0.4) is 0 Å². The van der Waals surface area contributed by atoms with Gasteiger partial charge in [0.2, 0.25) is 5.78 Å². The Bertz CT molecular complexity index is 909. The number of carbonyl (C=O) groups excluding carboxylic acids is 1. The van der Waals surface area contributed by atoms with Crippen molar-refractivity contribution in [2.75, 3.05) is 0 Å². The molecule has 0 atom stereocenters. The fraction of sp³-hybridized carbons (Fsp3) is 0. The molecule has 2 heterocycles. The van der Waals surface area contributed by atoms with Gasteiger partial charge in [0.1, 0.15) is 0 Å². The SMILES string of the molecule is O=C1c2cnccc2-c2c1c(=O)[nH]c1ccccc21. The van der Waals surface area contributed by atoms with Gasteiger partial charge >= 0.3 is 0 Å². The highest BCUT2D eigenvalue weighted by Crippen LogP contribution is 2.38. The van der Waals surface area contributed by atoms with Crippen LogP contribution in [0, 0.1) is 0 Å². The van der Waals surface area contributed by atoms with Crippen molar-refractivity contribution < 1.29 is 4.79 Å². The second kappa shape index (κ2) is 3.38. The highest BCUT2D eigenvalue weighted by atomic mass is 16.1. The first kappa shape index (κ1) is 10.2. The summed E-state index contributed by atoms with van der Waals surface area (Å²) in [5.74, 6) is -0.245. The Hall–Kier alpha value is -2.75. The smallest absolute Gasteiger partial charge is 0.260 e. The fourth-order valence-corrected chi connectivity index (χ4v) is 2.67. The summed E-state index contributed by atoms with van der Waals surface area (Å²) in [6.07, 6.45) is 3.16. The van der Waals surface area contributed by atoms with Crippen molar-refractivity contribution >= 4 is 16.7 Å². The van der Waals surface area contributed by atoms with Crippen molar-refractivity contribution in [3.8, 4) is 11.1 Å². The summed E-state index contributed by atoms with van der Waals surface area (Å²) < 4.78 is 0. The minimum Gasteiger partial charge on any atom is -0.321 e. The molecule has 0 unspecified atom stereocenters. The van der Waals surface area contributed by atoms with E-state index in [1.165, 1.54) is 6.20 Å². The number of aromatic amines is 1. The summed E-state index contributed by atoms with van der Waals surface area (Å²) in [5.41, 5.74) is 2.64. The van der Waals surface area contributed by atoms with E-state index in [2.05, 4.69) is 9.97 Å². The average Bonchev–Trinajstić information content (AvgIpc) is 2.74. The van der Waals surface area contributed by atoms with Crippen molar-refractivity contribution in [3.05, 3.63) is 64.2 Å². The molecule has 1 aliphatic carbocycles. The van der Waals surface area contributed by atoms with Crippen LogP contribution in [0.5, 0.6) is 0 Å². The third kappa shape index (κ3) is 1.20. The van der Waals surface area contributed by atoms with Gasteiger partial charge in [-0.05, 0) is 17.7 Å². The Morgan fingerprint density at radius 3 is 2.68 bits per heavy atom. The van der Waals surface area contributed by atoms with E-state index in [1.54, 1.807) is 12.3 Å². The number of fused-ring (bicyclic) bond motifs is 5. The van der Waals surface area contributed by atoms with E-state index in [4.69, 9.17) is 0 Å². The Morgan fingerprint density at radius 2 is 1.79 bits per heavy atom. The summed E-state index contributed by atoms with van der Waals surface area (Å²) in [7, 11) is 0. The van der Waals surface area contributed by atoms with E-state index in [0.29, 0.717) is 5.56 Å². The van der Waals surface area contributed by atoms with Crippen LogP contribution in [-0.2, 0) is 0 Å². The molecule has 4 heteroatoms. The molecule has 3 aromatic rings. The van der Waals surface area contributed by atoms with E-state index >= 15 is 0 Å². The summed E-state index contributed by atoms with van der Waals surface area (Å²) in [6, 6.07) is 9.28. The number of nitrogens with zero attached hydrogens (tertiary/aromatic N) is 1. The van der Waals surface area contributed by atoms with Crippen LogP contribution in [0.1, 0.15) is 15.9 Å². The molecule has 2 aromatic heterocycles. The predicted octanol–water partition coefficient (Wildman–Crippen LogP) is 2.13. The number of ketones is 1. The van der Waals surface area contributed by atoms with E-state index in [-0.39, 0.29) is 16.9 Å². The lowest BCUT2D eigenvalue weighted by Gasteiger charge is -2.04. The van der Waals surface area contributed by atoms with Crippen molar-refractivity contribution in [2.24, 2.45) is 0 Å². The van der Waals surface area contributed by atoms with Crippen molar-refractivity contribution in [1.82, 2.24) is 9.97 Å². The maximum atomic E-state index is 12.3. The number of aromatic nitrogens is 2. The van der Waals surface area contributed by atoms with Gasteiger partial charge in [0, 0.05) is 34.4 Å². The molecule has 0 amide bonds. The van der Waals surface area contributed by atoms with Crippen molar-refractivity contribution in [1.29, 1.82) is 0 Å². The normalized spacial score (nSPS) is 12.5. The lowest BCUT2D eigenvalue weighted by Crippen LogP contribution is -2.16. The van der Waals surface area contributed by atoms with Gasteiger partial charge in [-0.25, -0.2) is 0 Å². The monoisotopic (exact) mass is 248 g/mol. The van der Waals surface area contributed by atoms with Crippen molar-refractivity contribution in [3.63, 3.8) is 0 Å². The molecule has 1 N–H and O–H groups in total. The lowest BCUT2D eigenvalue weighted by molar-refractivity contribution is 0.104. The standard InChI is InChI=1S/C15H8N2O2/c18-14-10-7-16-6-5-8(10)12-9-3-1-2-4-11(9)17-15(19)13(12)14/h1-7H,(H,17,19). The van der Waals surface area contributed by atoms with E-state index in [1.807, 2.05) is 24.3 Å². The Labute approximate surface area is 107 Å². The maximum Gasteiger partial charge on any atom is 0.260 e. The van der Waals surface area contributed by atoms with Gasteiger partial charge in [0.15, 0.2) is 0 Å². The summed E-state index contributed by atoms with van der Waals surface area (Å²) in [5, 5.41) is 0.885. The first-order valence-electron chi connectivity index (χ1n) is 5.91. The molecule has 4 nitrogen and oxygen atoms in total. The number of carbonyl (C=O) groups is 1. The van der Waals surface area contributed by atoms with Gasteiger partial charge in [0.05, 0.1) is 5.56 Å². The molecule has 19 heavy (non-hydrogen) atoms. The van der Waals surface area contributed by atoms with E-state index in [9.17, 15) is 9.59 Å². The zero-order valence-electron chi connectivity index (χ0n) is 9.81. The Kier molecular flexibility index (Phi) is 1.82. The zero-order valence-corrected chi connectivity index (χ0v) is 9.81. The first-order chi connectivity index (χ1) is 9.27. The lowest BCUT2D eigenvalue weighted by atomic mass is 10.0. The highest BCUT2D eigenvalue weighted by Gasteiger charge is 2.31. The number of para-hydroxylation sites is 1. The molecule has 1 aromatic carbocycles. The number of benzene rings is 1. The van der Waals surface area contributed by atoms with Crippen molar-refractivity contribution in [2.45, 2.75) is 0 Å². The van der Waals surface area contributed by atoms with Crippen LogP contribution >= 0.6 is 0 Å². The molecule has 90 valence electrons. The minimum absolute atomic E-state index is 0.224. The van der Waals surface area contributed by atoms with Gasteiger partial charge < -0.3 is 4.98 Å². The van der Waals surface area contributed by atoms with Crippen LogP contribution in [-0.4, -0.2) is 15.8 Å². The number of rotatable bonds is 0. The quantitative estimate of drug-likeness (QED) is 0.518. The van der Waals surface area contributed by atoms with Crippen LogP contribution in [0.25, 0.3) is 22.0 Å². The number of nitrogens with one attached hydrogen (secondary N) is 1. The molecule has 0 spiro atoms. The van der Waals surface area contributed by atoms with Gasteiger partial charge in [-0.2, -0.15) is 0 Å². The molecule has 0 fully saturated rings. The number of hydrogen-bond donors (Lipinski definition) is 1. The third-order valence-electron chi connectivity index (χ3n) is 3.48. The summed E-state index contributed by atoms with van der Waals surface area (Å²) >= 11 is 0. The Balaban J connectivity index is 2.29. The predicted molar refractivity (Wildman–Crippen MR) is 71.2 cm³/mol. The second-order valence-electron chi connectivity index (χ2n) is 4.50. The molecule has 0 bridgehead atoms. The molecular formula is C15H8N2O2. The van der Waals surface area contributed by atoms with Crippen LogP contribution < -0.4 is 5.56 Å². The van der Waals surface area contributed by atoms with Crippen LogP contribution in [0.2, 0.25) is 0 Å². The van der Waals surface area contributed by atoms with Gasteiger partial charge in [-0.1, -0.05) is 18.2 Å². The van der Waals surface area contributed by atoms with Gasteiger partial charge in [0.25, 0.3) is 5.56 Å². The summed E-state index contributed by atoms with van der Waals surface area (Å²) in [6.45, 7) is 0. The fourth-order valence-electron chi connectivity index (χ4n) is 2.67. The summed E-state index contributed by atoms with van der Waals surface area (Å²) in [4.78, 5) is 31.1.